The molecule has 0 heterocycles. The molecule has 0 aromatic carbocycles. The number of sulfonamides is 1. The Hall–Kier alpha value is -0.430. The van der Waals surface area contributed by atoms with Gasteiger partial charge in [-0.15, -0.1) is 0 Å². The molecule has 2 N–H and O–H groups in total. The third-order valence-electron chi connectivity index (χ3n) is 2.06. The second-order valence-electron chi connectivity index (χ2n) is 4.69. The molecule has 0 rings (SSSR count). The lowest BCUT2D eigenvalue weighted by Crippen LogP contribution is -2.32. The maximum Gasteiger partial charge on any atom is 0.211 e. The van der Waals surface area contributed by atoms with E-state index in [9.17, 15) is 8.42 Å². The minimum absolute atomic E-state index is 0.146. The Kier molecular flexibility index (Phi) is 9.27. The number of rotatable bonds is 11. The first-order valence-electron chi connectivity index (χ1n) is 6.26. The summed E-state index contributed by atoms with van der Waals surface area (Å²) in [6.07, 6.45) is 0.611. The lowest BCUT2D eigenvalue weighted by atomic mass is 10.4. The van der Waals surface area contributed by atoms with E-state index in [4.69, 9.17) is 4.74 Å². The molecule has 0 saturated carbocycles. The van der Waals surface area contributed by atoms with Crippen LogP contribution in [0.4, 0.5) is 0 Å². The highest BCUT2D eigenvalue weighted by Crippen LogP contribution is 1.91. The van der Waals surface area contributed by atoms with Gasteiger partial charge < -0.3 is 10.1 Å². The Labute approximate surface area is 111 Å². The van der Waals surface area contributed by atoms with Crippen LogP contribution in [0.15, 0.2) is 12.2 Å². The molecule has 18 heavy (non-hydrogen) atoms. The molecule has 0 aliphatic heterocycles. The SMILES string of the molecule is C=C(C)COCCNS(=O)(=O)CCCNC(C)C. The van der Waals surface area contributed by atoms with Crippen LogP contribution in [-0.2, 0) is 14.8 Å². The van der Waals surface area contributed by atoms with Gasteiger partial charge in [0.25, 0.3) is 0 Å². The van der Waals surface area contributed by atoms with Crippen molar-refractivity contribution in [2.75, 3.05) is 32.1 Å². The van der Waals surface area contributed by atoms with Crippen LogP contribution in [0.5, 0.6) is 0 Å². The molecule has 0 spiro atoms. The van der Waals surface area contributed by atoms with Crippen molar-refractivity contribution in [1.82, 2.24) is 10.0 Å². The molecule has 0 radical (unpaired) electrons. The van der Waals surface area contributed by atoms with Crippen LogP contribution in [0.3, 0.4) is 0 Å². The van der Waals surface area contributed by atoms with Crippen LogP contribution in [0.2, 0.25) is 0 Å². The molecule has 0 amide bonds. The van der Waals surface area contributed by atoms with Crippen molar-refractivity contribution in [3.8, 4) is 0 Å². The van der Waals surface area contributed by atoms with E-state index < -0.39 is 10.0 Å². The molecule has 0 aliphatic carbocycles. The van der Waals surface area contributed by atoms with E-state index >= 15 is 0 Å². The summed E-state index contributed by atoms with van der Waals surface area (Å²) in [4.78, 5) is 0. The molecule has 108 valence electrons. The fraction of sp³-hybridized carbons (Fsp3) is 0.833. The molecule has 0 saturated heterocycles. The van der Waals surface area contributed by atoms with E-state index in [-0.39, 0.29) is 5.75 Å². The van der Waals surface area contributed by atoms with Crippen LogP contribution in [0.1, 0.15) is 27.2 Å². The average molecular weight is 278 g/mol. The van der Waals surface area contributed by atoms with E-state index in [1.807, 2.05) is 20.8 Å². The van der Waals surface area contributed by atoms with Gasteiger partial charge in [0.05, 0.1) is 19.0 Å². The summed E-state index contributed by atoms with van der Waals surface area (Å²) >= 11 is 0. The van der Waals surface area contributed by atoms with Crippen molar-refractivity contribution >= 4 is 10.0 Å². The first-order chi connectivity index (χ1) is 8.33. The highest BCUT2D eigenvalue weighted by atomic mass is 32.2. The van der Waals surface area contributed by atoms with Crippen LogP contribution in [0.25, 0.3) is 0 Å². The van der Waals surface area contributed by atoms with Gasteiger partial charge in [0.1, 0.15) is 0 Å². The lowest BCUT2D eigenvalue weighted by molar-refractivity contribution is 0.162. The molecule has 0 unspecified atom stereocenters. The van der Waals surface area contributed by atoms with E-state index in [1.54, 1.807) is 0 Å². The van der Waals surface area contributed by atoms with Gasteiger partial charge in [-0.05, 0) is 19.9 Å². The van der Waals surface area contributed by atoms with Crippen molar-refractivity contribution in [3.63, 3.8) is 0 Å². The zero-order valence-corrected chi connectivity index (χ0v) is 12.5. The van der Waals surface area contributed by atoms with Crippen molar-refractivity contribution in [2.45, 2.75) is 33.2 Å². The molecular formula is C12H26N2O3S. The molecule has 5 nitrogen and oxygen atoms in total. The molecular weight excluding hydrogens is 252 g/mol. The minimum Gasteiger partial charge on any atom is -0.376 e. The Morgan fingerprint density at radius 1 is 1.33 bits per heavy atom. The summed E-state index contributed by atoms with van der Waals surface area (Å²) in [6.45, 7) is 11.5. The number of hydrogen-bond donors (Lipinski definition) is 2. The molecule has 0 fully saturated rings. The summed E-state index contributed by atoms with van der Waals surface area (Å²) in [6, 6.07) is 0.385. The quantitative estimate of drug-likeness (QED) is 0.435. The Morgan fingerprint density at radius 3 is 2.56 bits per heavy atom. The Balaban J connectivity index is 3.58. The van der Waals surface area contributed by atoms with Crippen LogP contribution in [0, 0.1) is 0 Å². The van der Waals surface area contributed by atoms with Gasteiger partial charge in [-0.3, -0.25) is 0 Å². The standard InChI is InChI=1S/C12H26N2O3S/c1-11(2)10-17-8-7-14-18(15,16)9-5-6-13-12(3)4/h12-14H,1,5-10H2,2-4H3. The predicted octanol–water partition coefficient (Wildman–Crippen LogP) is 0.887. The summed E-state index contributed by atoms with van der Waals surface area (Å²) in [7, 11) is -3.17. The number of nitrogens with one attached hydrogen (secondary N) is 2. The van der Waals surface area contributed by atoms with Crippen molar-refractivity contribution in [2.24, 2.45) is 0 Å². The van der Waals surface area contributed by atoms with Crippen molar-refractivity contribution in [1.29, 1.82) is 0 Å². The zero-order chi connectivity index (χ0) is 14.0. The third-order valence-corrected chi connectivity index (χ3v) is 3.53. The summed E-state index contributed by atoms with van der Waals surface area (Å²) < 4.78 is 30.8. The fourth-order valence-corrected chi connectivity index (χ4v) is 2.30. The maximum atomic E-state index is 11.6. The molecule has 0 aromatic rings. The fourth-order valence-electron chi connectivity index (χ4n) is 1.24. The second kappa shape index (κ2) is 9.49. The van der Waals surface area contributed by atoms with Gasteiger partial charge in [0.15, 0.2) is 0 Å². The van der Waals surface area contributed by atoms with Gasteiger partial charge in [-0.1, -0.05) is 26.0 Å². The molecule has 0 bridgehead atoms. The predicted molar refractivity (Wildman–Crippen MR) is 75.2 cm³/mol. The molecule has 0 aromatic heterocycles. The summed E-state index contributed by atoms with van der Waals surface area (Å²) in [5, 5.41) is 3.18. The average Bonchev–Trinajstić information content (AvgIpc) is 2.23. The summed E-state index contributed by atoms with van der Waals surface area (Å²) in [5.41, 5.74) is 0.928. The smallest absolute Gasteiger partial charge is 0.211 e. The Morgan fingerprint density at radius 2 is 2.00 bits per heavy atom. The van der Waals surface area contributed by atoms with Gasteiger partial charge in [-0.2, -0.15) is 0 Å². The minimum atomic E-state index is -3.17. The highest BCUT2D eigenvalue weighted by Gasteiger charge is 2.08. The van der Waals surface area contributed by atoms with E-state index in [2.05, 4.69) is 16.6 Å². The zero-order valence-electron chi connectivity index (χ0n) is 11.7. The van der Waals surface area contributed by atoms with Gasteiger partial charge in [-0.25, -0.2) is 13.1 Å². The van der Waals surface area contributed by atoms with E-state index in [0.717, 1.165) is 5.57 Å². The van der Waals surface area contributed by atoms with Gasteiger partial charge in [0.2, 0.25) is 10.0 Å². The maximum absolute atomic E-state index is 11.6. The van der Waals surface area contributed by atoms with Crippen molar-refractivity contribution in [3.05, 3.63) is 12.2 Å². The molecule has 6 heteroatoms. The first-order valence-corrected chi connectivity index (χ1v) is 7.91. The van der Waals surface area contributed by atoms with Crippen LogP contribution < -0.4 is 10.0 Å². The van der Waals surface area contributed by atoms with Gasteiger partial charge >= 0.3 is 0 Å². The van der Waals surface area contributed by atoms with Crippen LogP contribution >= 0.6 is 0 Å². The first kappa shape index (κ1) is 17.6. The van der Waals surface area contributed by atoms with Crippen molar-refractivity contribution < 1.29 is 13.2 Å². The van der Waals surface area contributed by atoms with Crippen LogP contribution in [-0.4, -0.2) is 46.5 Å². The monoisotopic (exact) mass is 278 g/mol. The largest absolute Gasteiger partial charge is 0.376 e. The number of ether oxygens (including phenoxy) is 1. The normalized spacial score (nSPS) is 12.0. The second-order valence-corrected chi connectivity index (χ2v) is 6.61. The summed E-state index contributed by atoms with van der Waals surface area (Å²) in [5.74, 6) is 0.146. The Bertz CT molecular complexity index is 326. The molecule has 0 atom stereocenters. The third kappa shape index (κ3) is 12.0. The van der Waals surface area contributed by atoms with E-state index in [1.165, 1.54) is 0 Å². The topological polar surface area (TPSA) is 67.4 Å². The van der Waals surface area contributed by atoms with E-state index in [0.29, 0.717) is 38.8 Å². The highest BCUT2D eigenvalue weighted by molar-refractivity contribution is 7.89. The number of hydrogen-bond acceptors (Lipinski definition) is 4. The molecule has 0 aliphatic rings. The lowest BCUT2D eigenvalue weighted by Gasteiger charge is -2.09. The van der Waals surface area contributed by atoms with Gasteiger partial charge in [0, 0.05) is 12.6 Å².